The largest absolute Gasteiger partial charge is 0.388 e. The normalized spacial score (nSPS) is 21.6. The zero-order chi connectivity index (χ0) is 14.7. The lowest BCUT2D eigenvalue weighted by Crippen LogP contribution is -2.32. The molecular weight excluding hydrogens is 340 g/mol. The highest BCUT2D eigenvalue weighted by Gasteiger charge is 2.24. The minimum absolute atomic E-state index is 0.492. The summed E-state index contributed by atoms with van der Waals surface area (Å²) in [6.07, 6.45) is 1.44. The fraction of sp³-hybridized carbons (Fsp3) is 0.600. The molecule has 0 spiro atoms. The molecule has 0 aliphatic carbocycles. The van der Waals surface area contributed by atoms with Gasteiger partial charge >= 0.3 is 0 Å². The molecule has 2 unspecified atom stereocenters. The van der Waals surface area contributed by atoms with Crippen LogP contribution in [0.4, 0.5) is 0 Å². The van der Waals surface area contributed by atoms with Gasteiger partial charge in [0.05, 0.1) is 6.10 Å². The summed E-state index contributed by atoms with van der Waals surface area (Å²) in [5.74, 6) is 0. The van der Waals surface area contributed by atoms with Gasteiger partial charge in [-0.15, -0.1) is 0 Å². The van der Waals surface area contributed by atoms with E-state index in [1.54, 1.807) is 0 Å². The summed E-state index contributed by atoms with van der Waals surface area (Å²) in [6.45, 7) is 3.12. The second kappa shape index (κ2) is 7.23. The zero-order valence-electron chi connectivity index (χ0n) is 12.0. The predicted octanol–water partition coefficient (Wildman–Crippen LogP) is 3.16. The van der Waals surface area contributed by atoms with E-state index in [4.69, 9.17) is 11.6 Å². The first-order chi connectivity index (χ1) is 9.47. The minimum Gasteiger partial charge on any atom is -0.388 e. The maximum Gasteiger partial charge on any atom is 0.0816 e. The maximum absolute atomic E-state index is 10.3. The van der Waals surface area contributed by atoms with E-state index in [0.29, 0.717) is 11.1 Å². The van der Waals surface area contributed by atoms with Gasteiger partial charge in [-0.05, 0) is 51.2 Å². The van der Waals surface area contributed by atoms with Crippen molar-refractivity contribution in [2.24, 2.45) is 0 Å². The molecule has 1 aromatic carbocycles. The molecule has 0 radical (unpaired) electrons. The van der Waals surface area contributed by atoms with Crippen LogP contribution in [-0.4, -0.2) is 54.7 Å². The highest BCUT2D eigenvalue weighted by Crippen LogP contribution is 2.28. The van der Waals surface area contributed by atoms with Crippen LogP contribution in [0.2, 0.25) is 5.02 Å². The number of nitrogens with zero attached hydrogens (tertiary/aromatic N) is 2. The Hall–Kier alpha value is -0.130. The number of halogens is 2. The van der Waals surface area contributed by atoms with Crippen LogP contribution >= 0.6 is 27.5 Å². The second-order valence-electron chi connectivity index (χ2n) is 5.68. The van der Waals surface area contributed by atoms with Crippen molar-refractivity contribution in [3.8, 4) is 0 Å². The Labute approximate surface area is 134 Å². The average Bonchev–Trinajstić information content (AvgIpc) is 2.85. The molecule has 1 aliphatic heterocycles. The monoisotopic (exact) mass is 360 g/mol. The lowest BCUT2D eigenvalue weighted by molar-refractivity contribution is 0.146. The van der Waals surface area contributed by atoms with E-state index >= 15 is 0 Å². The van der Waals surface area contributed by atoms with Crippen LogP contribution in [0.25, 0.3) is 0 Å². The highest BCUT2D eigenvalue weighted by atomic mass is 79.9. The van der Waals surface area contributed by atoms with Crippen LogP contribution in [-0.2, 0) is 0 Å². The van der Waals surface area contributed by atoms with E-state index in [0.717, 1.165) is 36.1 Å². The summed E-state index contributed by atoms with van der Waals surface area (Å²) in [6, 6.07) is 6.28. The Bertz CT molecular complexity index is 455. The highest BCUT2D eigenvalue weighted by molar-refractivity contribution is 9.10. The molecule has 1 aliphatic rings. The molecule has 2 atom stereocenters. The SMILES string of the molecule is CN(C)C1CCN(CCC(O)c2ccc(Br)cc2Cl)C1. The Kier molecular flexibility index (Phi) is 5.87. The number of benzene rings is 1. The quantitative estimate of drug-likeness (QED) is 0.872. The summed E-state index contributed by atoms with van der Waals surface area (Å²) >= 11 is 9.55. The van der Waals surface area contributed by atoms with Crippen molar-refractivity contribution in [3.05, 3.63) is 33.3 Å². The standard InChI is InChI=1S/C15H22BrClN2O/c1-18(2)12-5-7-19(10-12)8-6-15(20)13-4-3-11(16)9-14(13)17/h3-4,9,12,15,20H,5-8,10H2,1-2H3. The molecule has 0 aromatic heterocycles. The third-order valence-corrected chi connectivity index (χ3v) is 4.84. The van der Waals surface area contributed by atoms with Crippen LogP contribution in [0, 0.1) is 0 Å². The summed E-state index contributed by atoms with van der Waals surface area (Å²) < 4.78 is 0.937. The Morgan fingerprint density at radius 3 is 2.85 bits per heavy atom. The number of likely N-dealkylation sites (tertiary alicyclic amines) is 1. The van der Waals surface area contributed by atoms with Crippen LogP contribution in [0.1, 0.15) is 24.5 Å². The number of aliphatic hydroxyl groups is 1. The molecule has 0 bridgehead atoms. The Morgan fingerprint density at radius 1 is 1.50 bits per heavy atom. The maximum atomic E-state index is 10.3. The third kappa shape index (κ3) is 4.18. The van der Waals surface area contributed by atoms with Gasteiger partial charge in [-0.1, -0.05) is 33.6 Å². The molecule has 0 amide bonds. The predicted molar refractivity (Wildman–Crippen MR) is 87.3 cm³/mol. The Morgan fingerprint density at radius 2 is 2.25 bits per heavy atom. The number of hydrogen-bond donors (Lipinski definition) is 1. The van der Waals surface area contributed by atoms with Crippen molar-refractivity contribution in [1.82, 2.24) is 9.80 Å². The summed E-state index contributed by atoms with van der Waals surface area (Å²) in [5, 5.41) is 10.9. The molecule has 112 valence electrons. The van der Waals surface area contributed by atoms with Gasteiger partial charge in [0.2, 0.25) is 0 Å². The van der Waals surface area contributed by atoms with Gasteiger partial charge in [-0.25, -0.2) is 0 Å². The fourth-order valence-corrected chi connectivity index (χ4v) is 3.47. The van der Waals surface area contributed by atoms with Gasteiger partial charge in [-0.3, -0.25) is 0 Å². The third-order valence-electron chi connectivity index (χ3n) is 4.02. The molecule has 1 N–H and O–H groups in total. The van der Waals surface area contributed by atoms with Gasteiger partial charge in [0.15, 0.2) is 0 Å². The zero-order valence-corrected chi connectivity index (χ0v) is 14.4. The first kappa shape index (κ1) is 16.2. The molecule has 3 nitrogen and oxygen atoms in total. The topological polar surface area (TPSA) is 26.7 Å². The molecule has 1 saturated heterocycles. The lowest BCUT2D eigenvalue weighted by Gasteiger charge is -2.21. The van der Waals surface area contributed by atoms with E-state index < -0.39 is 6.10 Å². The molecule has 20 heavy (non-hydrogen) atoms. The van der Waals surface area contributed by atoms with Crippen molar-refractivity contribution < 1.29 is 5.11 Å². The number of hydrogen-bond acceptors (Lipinski definition) is 3. The van der Waals surface area contributed by atoms with Crippen molar-refractivity contribution in [3.63, 3.8) is 0 Å². The second-order valence-corrected chi connectivity index (χ2v) is 7.00. The van der Waals surface area contributed by atoms with E-state index in [1.165, 1.54) is 6.42 Å². The van der Waals surface area contributed by atoms with Gasteiger partial charge in [0.1, 0.15) is 0 Å². The molecule has 0 saturated carbocycles. The van der Waals surface area contributed by atoms with E-state index in [-0.39, 0.29) is 0 Å². The van der Waals surface area contributed by atoms with Crippen LogP contribution < -0.4 is 0 Å². The van der Waals surface area contributed by atoms with Crippen molar-refractivity contribution in [1.29, 1.82) is 0 Å². The van der Waals surface area contributed by atoms with Crippen molar-refractivity contribution >= 4 is 27.5 Å². The average molecular weight is 362 g/mol. The van der Waals surface area contributed by atoms with Crippen molar-refractivity contribution in [2.75, 3.05) is 33.7 Å². The van der Waals surface area contributed by atoms with Crippen LogP contribution in [0.3, 0.4) is 0 Å². The van der Waals surface area contributed by atoms with E-state index in [1.807, 2.05) is 18.2 Å². The van der Waals surface area contributed by atoms with E-state index in [2.05, 4.69) is 39.8 Å². The number of aliphatic hydroxyl groups excluding tert-OH is 1. The molecule has 1 fully saturated rings. The minimum atomic E-state index is -0.492. The molecule has 5 heteroatoms. The summed E-state index contributed by atoms with van der Waals surface area (Å²) in [5.41, 5.74) is 0.818. The van der Waals surface area contributed by atoms with Gasteiger partial charge in [0.25, 0.3) is 0 Å². The lowest BCUT2D eigenvalue weighted by atomic mass is 10.1. The Balaban J connectivity index is 1.85. The van der Waals surface area contributed by atoms with Gasteiger partial charge < -0.3 is 14.9 Å². The van der Waals surface area contributed by atoms with Crippen molar-refractivity contribution in [2.45, 2.75) is 25.0 Å². The molecular formula is C15H22BrClN2O. The smallest absolute Gasteiger partial charge is 0.0816 e. The summed E-state index contributed by atoms with van der Waals surface area (Å²) in [4.78, 5) is 4.70. The summed E-state index contributed by atoms with van der Waals surface area (Å²) in [7, 11) is 4.26. The number of rotatable bonds is 5. The van der Waals surface area contributed by atoms with Gasteiger partial charge in [0, 0.05) is 28.6 Å². The first-order valence-electron chi connectivity index (χ1n) is 6.99. The molecule has 1 aromatic rings. The number of likely N-dealkylation sites (N-methyl/N-ethyl adjacent to an activating group) is 1. The van der Waals surface area contributed by atoms with Gasteiger partial charge in [-0.2, -0.15) is 0 Å². The fourth-order valence-electron chi connectivity index (χ4n) is 2.67. The van der Waals surface area contributed by atoms with Crippen LogP contribution in [0.5, 0.6) is 0 Å². The molecule has 2 rings (SSSR count). The first-order valence-corrected chi connectivity index (χ1v) is 8.16. The van der Waals surface area contributed by atoms with E-state index in [9.17, 15) is 5.11 Å². The van der Waals surface area contributed by atoms with Crippen LogP contribution in [0.15, 0.2) is 22.7 Å². The molecule has 1 heterocycles.